The van der Waals surface area contributed by atoms with Crippen LogP contribution < -0.4 is 5.32 Å². The third kappa shape index (κ3) is 2.94. The Morgan fingerprint density at radius 2 is 2.00 bits per heavy atom. The van der Waals surface area contributed by atoms with Gasteiger partial charge in [0.2, 0.25) is 0 Å². The summed E-state index contributed by atoms with van der Waals surface area (Å²) >= 11 is 1.94. The summed E-state index contributed by atoms with van der Waals surface area (Å²) in [5, 5.41) is 3.04. The lowest BCUT2D eigenvalue weighted by Gasteiger charge is -2.47. The van der Waals surface area contributed by atoms with Gasteiger partial charge in [0.05, 0.1) is 24.4 Å². The number of hydrogen-bond donors (Lipinski definition) is 1. The Bertz CT molecular complexity index is 847. The number of ether oxygens (including phenoxy) is 2. The van der Waals surface area contributed by atoms with Gasteiger partial charge in [-0.2, -0.15) is 0 Å². The van der Waals surface area contributed by atoms with Gasteiger partial charge in [0.25, 0.3) is 5.91 Å². The van der Waals surface area contributed by atoms with Crippen LogP contribution in [0.1, 0.15) is 71.1 Å². The Morgan fingerprint density at radius 3 is 2.70 bits per heavy atom. The molecule has 0 radical (unpaired) electrons. The normalized spacial score (nSPS) is 39.1. The van der Waals surface area contributed by atoms with Gasteiger partial charge in [0.1, 0.15) is 0 Å². The fourth-order valence-electron chi connectivity index (χ4n) is 6.90. The van der Waals surface area contributed by atoms with E-state index in [4.69, 9.17) is 9.47 Å². The quantitative estimate of drug-likeness (QED) is 0.795. The minimum Gasteiger partial charge on any atom is -0.379 e. The van der Waals surface area contributed by atoms with E-state index in [9.17, 15) is 4.79 Å². The number of fused-ring (bicyclic) bond motifs is 1. The zero-order chi connectivity index (χ0) is 20.5. The molecule has 1 aromatic heterocycles. The van der Waals surface area contributed by atoms with E-state index in [-0.39, 0.29) is 11.3 Å². The van der Waals surface area contributed by atoms with Crippen LogP contribution in [0.2, 0.25) is 0 Å². The summed E-state index contributed by atoms with van der Waals surface area (Å²) in [6, 6.07) is 0.739. The second kappa shape index (κ2) is 7.03. The lowest BCUT2D eigenvalue weighted by molar-refractivity contribution is -0.110. The molecule has 5 nitrogen and oxygen atoms in total. The first-order chi connectivity index (χ1) is 14.5. The fraction of sp³-hybridized carbons (Fsp3) is 0.792. The molecule has 0 bridgehead atoms. The van der Waals surface area contributed by atoms with Crippen molar-refractivity contribution in [3.05, 3.63) is 20.9 Å². The zero-order valence-corrected chi connectivity index (χ0v) is 19.1. The van der Waals surface area contributed by atoms with Crippen LogP contribution in [-0.2, 0) is 21.3 Å². The highest BCUT2D eigenvalue weighted by atomic mass is 32.1. The van der Waals surface area contributed by atoms with Crippen molar-refractivity contribution in [2.75, 3.05) is 32.8 Å². The van der Waals surface area contributed by atoms with Crippen molar-refractivity contribution < 1.29 is 14.3 Å². The predicted octanol–water partition coefficient (Wildman–Crippen LogP) is 3.42. The Morgan fingerprint density at radius 1 is 1.20 bits per heavy atom. The summed E-state index contributed by atoms with van der Waals surface area (Å²) in [6.45, 7) is 9.33. The molecule has 2 aliphatic carbocycles. The molecule has 164 valence electrons. The fourth-order valence-corrected chi connectivity index (χ4v) is 8.47. The van der Waals surface area contributed by atoms with Gasteiger partial charge in [-0.25, -0.2) is 0 Å². The Labute approximate surface area is 183 Å². The summed E-state index contributed by atoms with van der Waals surface area (Å²) in [5.74, 6) is 0.150. The maximum absolute atomic E-state index is 12.4. The average Bonchev–Trinajstić information content (AvgIpc) is 3.08. The molecule has 3 aliphatic heterocycles. The minimum absolute atomic E-state index is 0.150. The van der Waals surface area contributed by atoms with Gasteiger partial charge >= 0.3 is 0 Å². The molecular formula is C24H34N2O3S. The van der Waals surface area contributed by atoms with Crippen molar-refractivity contribution in [3.63, 3.8) is 0 Å². The maximum atomic E-state index is 12.4. The largest absolute Gasteiger partial charge is 0.379 e. The second-order valence-corrected chi connectivity index (χ2v) is 11.7. The van der Waals surface area contributed by atoms with Gasteiger partial charge in [-0.15, -0.1) is 11.3 Å². The van der Waals surface area contributed by atoms with Gasteiger partial charge in [-0.05, 0) is 62.8 Å². The molecule has 1 spiro atoms. The molecule has 2 saturated heterocycles. The van der Waals surface area contributed by atoms with Gasteiger partial charge in [0, 0.05) is 47.5 Å². The number of amides is 1. The van der Waals surface area contributed by atoms with Crippen LogP contribution in [0, 0.1) is 12.3 Å². The standard InChI is InChI=1S/C24H34N2O3S/c1-15-20-19(5-9-25-22(20)27)30-21(15)23(2)14-24(23)7-3-16(4-8-24)26-11-18(12-26)29-17-6-10-28-13-17/h16-18H,3-14H2,1-2H3,(H,25,27)/t16?,17-,23-,24?/m1/s1. The molecule has 1 aromatic rings. The van der Waals surface area contributed by atoms with E-state index >= 15 is 0 Å². The highest BCUT2D eigenvalue weighted by molar-refractivity contribution is 7.12. The number of rotatable bonds is 4. The highest BCUT2D eigenvalue weighted by Gasteiger charge is 2.66. The van der Waals surface area contributed by atoms with E-state index in [2.05, 4.69) is 24.1 Å². The Kier molecular flexibility index (Phi) is 4.62. The molecule has 2 atom stereocenters. The molecule has 2 saturated carbocycles. The molecule has 6 heteroatoms. The highest BCUT2D eigenvalue weighted by Crippen LogP contribution is 2.72. The van der Waals surface area contributed by atoms with E-state index in [1.54, 1.807) is 0 Å². The summed E-state index contributed by atoms with van der Waals surface area (Å²) in [6.07, 6.45) is 9.44. The van der Waals surface area contributed by atoms with E-state index in [1.807, 2.05) is 11.3 Å². The van der Waals surface area contributed by atoms with Crippen molar-refractivity contribution >= 4 is 17.2 Å². The lowest BCUT2D eigenvalue weighted by atomic mass is 9.76. The number of nitrogens with zero attached hydrogens (tertiary/aromatic N) is 1. The summed E-state index contributed by atoms with van der Waals surface area (Å²) in [5.41, 5.74) is 3.03. The van der Waals surface area contributed by atoms with Crippen LogP contribution in [-0.4, -0.2) is 61.9 Å². The zero-order valence-electron chi connectivity index (χ0n) is 18.3. The maximum Gasteiger partial charge on any atom is 0.252 e. The van der Waals surface area contributed by atoms with Crippen LogP contribution in [0.3, 0.4) is 0 Å². The van der Waals surface area contributed by atoms with Crippen LogP contribution in [0.4, 0.5) is 0 Å². The summed E-state index contributed by atoms with van der Waals surface area (Å²) in [4.78, 5) is 17.9. The van der Waals surface area contributed by atoms with E-state index in [1.165, 1.54) is 47.4 Å². The first-order valence-electron chi connectivity index (χ1n) is 11.9. The first kappa shape index (κ1) is 19.7. The third-order valence-corrected chi connectivity index (χ3v) is 10.5. The molecule has 4 heterocycles. The van der Waals surface area contributed by atoms with Crippen LogP contribution >= 0.6 is 11.3 Å². The first-order valence-corrected chi connectivity index (χ1v) is 12.7. The molecule has 1 N–H and O–H groups in total. The molecule has 1 amide bonds. The summed E-state index contributed by atoms with van der Waals surface area (Å²) in [7, 11) is 0. The Balaban J connectivity index is 1.08. The molecule has 30 heavy (non-hydrogen) atoms. The van der Waals surface area contributed by atoms with Crippen molar-refractivity contribution in [2.45, 2.75) is 82.5 Å². The van der Waals surface area contributed by atoms with E-state index in [0.717, 1.165) is 57.3 Å². The molecule has 4 fully saturated rings. The molecular weight excluding hydrogens is 396 g/mol. The van der Waals surface area contributed by atoms with Crippen molar-refractivity contribution in [3.8, 4) is 0 Å². The molecule has 5 aliphatic rings. The minimum atomic E-state index is 0.150. The van der Waals surface area contributed by atoms with E-state index in [0.29, 0.717) is 17.6 Å². The number of thiophene rings is 1. The number of hydrogen-bond acceptors (Lipinski definition) is 5. The van der Waals surface area contributed by atoms with Gasteiger partial charge in [-0.1, -0.05) is 6.92 Å². The van der Waals surface area contributed by atoms with Crippen molar-refractivity contribution in [2.24, 2.45) is 5.41 Å². The van der Waals surface area contributed by atoms with Crippen LogP contribution in [0.15, 0.2) is 0 Å². The smallest absolute Gasteiger partial charge is 0.252 e. The lowest BCUT2D eigenvalue weighted by Crippen LogP contribution is -2.58. The number of carbonyl (C=O) groups excluding carboxylic acids is 1. The SMILES string of the molecule is Cc1c([C@@]2(C)CC23CCC(N2CC(O[C@@H]4CCOC4)C2)CC3)sc2c1C(=O)NCC2. The summed E-state index contributed by atoms with van der Waals surface area (Å²) < 4.78 is 11.6. The van der Waals surface area contributed by atoms with Crippen molar-refractivity contribution in [1.29, 1.82) is 0 Å². The predicted molar refractivity (Wildman–Crippen MR) is 117 cm³/mol. The third-order valence-electron chi connectivity index (χ3n) is 8.90. The van der Waals surface area contributed by atoms with Gasteiger partial charge in [0.15, 0.2) is 0 Å². The van der Waals surface area contributed by atoms with Crippen LogP contribution in [0.25, 0.3) is 0 Å². The molecule has 0 unspecified atom stereocenters. The number of nitrogens with one attached hydrogen (secondary N) is 1. The Hall–Kier alpha value is -0.950. The topological polar surface area (TPSA) is 50.8 Å². The monoisotopic (exact) mass is 430 g/mol. The second-order valence-electron chi connectivity index (χ2n) is 10.6. The van der Waals surface area contributed by atoms with E-state index < -0.39 is 0 Å². The molecule has 0 aromatic carbocycles. The average molecular weight is 431 g/mol. The van der Waals surface area contributed by atoms with Crippen LogP contribution in [0.5, 0.6) is 0 Å². The van der Waals surface area contributed by atoms with Gasteiger partial charge in [-0.3, -0.25) is 9.69 Å². The molecule has 6 rings (SSSR count). The number of carbonyl (C=O) groups is 1. The van der Waals surface area contributed by atoms with Crippen molar-refractivity contribution in [1.82, 2.24) is 10.2 Å². The van der Waals surface area contributed by atoms with Gasteiger partial charge < -0.3 is 14.8 Å². The number of likely N-dealkylation sites (tertiary alicyclic amines) is 1.